The van der Waals surface area contributed by atoms with Crippen LogP contribution in [0.2, 0.25) is 10.0 Å². The molecule has 1 N–H and O–H groups in total. The zero-order valence-electron chi connectivity index (χ0n) is 21.4. The van der Waals surface area contributed by atoms with Crippen LogP contribution in [0.5, 0.6) is 5.75 Å². The molecular weight excluding hydrogens is 549 g/mol. The first-order valence-corrected chi connectivity index (χ1v) is 13.9. The highest BCUT2D eigenvalue weighted by atomic mass is 35.5. The second-order valence-corrected chi connectivity index (χ2v) is 11.3. The summed E-state index contributed by atoms with van der Waals surface area (Å²) in [5.74, 6) is -0.339. The van der Waals surface area contributed by atoms with Crippen LogP contribution in [-0.2, 0) is 26.2 Å². The number of hydrogen-bond donors (Lipinski definition) is 1. The third kappa shape index (κ3) is 6.78. The number of likely N-dealkylation sites (N-methyl/N-ethyl adjacent to an activating group) is 1. The van der Waals surface area contributed by atoms with Crippen LogP contribution in [-0.4, -0.2) is 51.9 Å². The second kappa shape index (κ2) is 12.5. The summed E-state index contributed by atoms with van der Waals surface area (Å²) in [6.07, 6.45) is 0. The molecule has 0 aliphatic carbocycles. The molecule has 0 spiro atoms. The Kier molecular flexibility index (Phi) is 9.65. The standard InChI is InChI=1S/C27H29Cl2N3O5S/c1-18-5-12-23(13-6-18)38(35,36)32(21-9-14-24(28)25(29)15-21)17-26(33)31(19(2)27(34)30-3)16-20-7-10-22(37-4)11-8-20/h5-15,19H,16-17H2,1-4H3,(H,30,34). The normalized spacial score (nSPS) is 11.9. The molecule has 0 aliphatic rings. The first-order valence-electron chi connectivity index (χ1n) is 11.7. The van der Waals surface area contributed by atoms with Gasteiger partial charge in [-0.2, -0.15) is 0 Å². The molecule has 3 aromatic rings. The lowest BCUT2D eigenvalue weighted by Crippen LogP contribution is -2.50. The van der Waals surface area contributed by atoms with Crippen molar-refractivity contribution in [1.82, 2.24) is 10.2 Å². The minimum absolute atomic E-state index is 0.00280. The highest BCUT2D eigenvalue weighted by Gasteiger charge is 2.32. The number of nitrogens with one attached hydrogen (secondary N) is 1. The van der Waals surface area contributed by atoms with E-state index < -0.39 is 34.4 Å². The van der Waals surface area contributed by atoms with Gasteiger partial charge in [-0.1, -0.05) is 53.0 Å². The van der Waals surface area contributed by atoms with E-state index in [4.69, 9.17) is 27.9 Å². The van der Waals surface area contributed by atoms with E-state index >= 15 is 0 Å². The van der Waals surface area contributed by atoms with Crippen LogP contribution in [0.3, 0.4) is 0 Å². The molecular formula is C27H29Cl2N3O5S. The lowest BCUT2D eigenvalue weighted by atomic mass is 10.1. The number of ether oxygens (including phenoxy) is 1. The molecule has 0 saturated heterocycles. The predicted molar refractivity (Wildman–Crippen MR) is 149 cm³/mol. The fraction of sp³-hybridized carbons (Fsp3) is 0.259. The van der Waals surface area contributed by atoms with Gasteiger partial charge < -0.3 is 15.0 Å². The quantitative estimate of drug-likeness (QED) is 0.378. The van der Waals surface area contributed by atoms with Crippen LogP contribution in [0.25, 0.3) is 0 Å². The van der Waals surface area contributed by atoms with Crippen LogP contribution >= 0.6 is 23.2 Å². The Bertz CT molecular complexity index is 1400. The molecule has 0 heterocycles. The summed E-state index contributed by atoms with van der Waals surface area (Å²) in [6.45, 7) is 2.91. The molecule has 1 atom stereocenters. The fourth-order valence-corrected chi connectivity index (χ4v) is 5.42. The Morgan fingerprint density at radius 3 is 2.16 bits per heavy atom. The van der Waals surface area contributed by atoms with Crippen LogP contribution in [0.4, 0.5) is 5.69 Å². The molecule has 0 fully saturated rings. The molecule has 0 aromatic heterocycles. The van der Waals surface area contributed by atoms with Crippen molar-refractivity contribution in [2.45, 2.75) is 31.3 Å². The molecule has 8 nitrogen and oxygen atoms in total. The van der Waals surface area contributed by atoms with Gasteiger partial charge in [-0.25, -0.2) is 8.42 Å². The van der Waals surface area contributed by atoms with Crippen molar-refractivity contribution in [3.05, 3.63) is 87.9 Å². The Balaban J connectivity index is 2.04. The Morgan fingerprint density at radius 2 is 1.61 bits per heavy atom. The molecule has 202 valence electrons. The SMILES string of the molecule is CNC(=O)C(C)N(Cc1ccc(OC)cc1)C(=O)CN(c1ccc(Cl)c(Cl)c1)S(=O)(=O)c1ccc(C)cc1. The fourth-order valence-electron chi connectivity index (χ4n) is 3.73. The minimum Gasteiger partial charge on any atom is -0.497 e. The summed E-state index contributed by atoms with van der Waals surface area (Å²) in [4.78, 5) is 27.6. The van der Waals surface area contributed by atoms with E-state index in [9.17, 15) is 18.0 Å². The van der Waals surface area contributed by atoms with E-state index in [2.05, 4.69) is 5.32 Å². The molecule has 0 aliphatic heterocycles. The summed E-state index contributed by atoms with van der Waals surface area (Å²) in [7, 11) is -1.18. The van der Waals surface area contributed by atoms with Crippen LogP contribution in [0.1, 0.15) is 18.1 Å². The van der Waals surface area contributed by atoms with E-state index in [0.717, 1.165) is 15.4 Å². The van der Waals surface area contributed by atoms with Crippen LogP contribution in [0.15, 0.2) is 71.6 Å². The summed E-state index contributed by atoms with van der Waals surface area (Å²) in [5, 5.41) is 2.92. The number of sulfonamides is 1. The first-order chi connectivity index (χ1) is 18.0. The van der Waals surface area contributed by atoms with Crippen molar-refractivity contribution in [3.8, 4) is 5.75 Å². The van der Waals surface area contributed by atoms with Gasteiger partial charge in [0.1, 0.15) is 18.3 Å². The summed E-state index contributed by atoms with van der Waals surface area (Å²) < 4.78 is 33.7. The third-order valence-corrected chi connectivity index (χ3v) is 8.53. The lowest BCUT2D eigenvalue weighted by Gasteiger charge is -2.32. The molecule has 0 bridgehead atoms. The zero-order chi connectivity index (χ0) is 28.0. The van der Waals surface area contributed by atoms with Gasteiger partial charge in [-0.3, -0.25) is 13.9 Å². The highest BCUT2D eigenvalue weighted by molar-refractivity contribution is 7.92. The maximum absolute atomic E-state index is 13.8. The van der Waals surface area contributed by atoms with Crippen molar-refractivity contribution in [2.75, 3.05) is 25.0 Å². The van der Waals surface area contributed by atoms with Gasteiger partial charge in [0.15, 0.2) is 0 Å². The molecule has 38 heavy (non-hydrogen) atoms. The zero-order valence-corrected chi connectivity index (χ0v) is 23.8. The van der Waals surface area contributed by atoms with E-state index in [0.29, 0.717) is 5.75 Å². The monoisotopic (exact) mass is 577 g/mol. The summed E-state index contributed by atoms with van der Waals surface area (Å²) in [5.41, 5.74) is 1.77. The molecule has 2 amide bonds. The molecule has 1 unspecified atom stereocenters. The van der Waals surface area contributed by atoms with Gasteiger partial charge in [0, 0.05) is 13.6 Å². The van der Waals surface area contributed by atoms with Gasteiger partial charge in [0.25, 0.3) is 10.0 Å². The predicted octanol–water partition coefficient (Wildman–Crippen LogP) is 4.67. The molecule has 3 rings (SSSR count). The number of nitrogens with zero attached hydrogens (tertiary/aromatic N) is 2. The van der Waals surface area contributed by atoms with Crippen molar-refractivity contribution in [3.63, 3.8) is 0 Å². The number of rotatable bonds is 10. The van der Waals surface area contributed by atoms with Gasteiger partial charge >= 0.3 is 0 Å². The number of anilines is 1. The number of benzene rings is 3. The molecule has 0 radical (unpaired) electrons. The largest absolute Gasteiger partial charge is 0.497 e. The van der Waals surface area contributed by atoms with Crippen molar-refractivity contribution in [2.24, 2.45) is 0 Å². The highest BCUT2D eigenvalue weighted by Crippen LogP contribution is 2.31. The van der Waals surface area contributed by atoms with E-state index in [1.165, 1.54) is 42.3 Å². The Labute approximate surface area is 233 Å². The topological polar surface area (TPSA) is 96.0 Å². The Morgan fingerprint density at radius 1 is 0.974 bits per heavy atom. The number of aryl methyl sites for hydroxylation is 1. The van der Waals surface area contributed by atoms with Gasteiger partial charge in [0.05, 0.1) is 27.7 Å². The maximum Gasteiger partial charge on any atom is 0.264 e. The van der Waals surface area contributed by atoms with Crippen LogP contribution in [0, 0.1) is 6.92 Å². The average molecular weight is 579 g/mol. The number of hydrogen-bond acceptors (Lipinski definition) is 5. The van der Waals surface area contributed by atoms with Crippen molar-refractivity contribution >= 4 is 50.7 Å². The lowest BCUT2D eigenvalue weighted by molar-refractivity contribution is -0.139. The summed E-state index contributed by atoms with van der Waals surface area (Å²) >= 11 is 12.3. The first kappa shape index (κ1) is 29.3. The molecule has 11 heteroatoms. The number of carbonyl (C=O) groups excluding carboxylic acids is 2. The number of halogens is 2. The van der Waals surface area contributed by atoms with Gasteiger partial charge in [-0.15, -0.1) is 0 Å². The van der Waals surface area contributed by atoms with Gasteiger partial charge in [-0.05, 0) is 61.9 Å². The van der Waals surface area contributed by atoms with Gasteiger partial charge in [0.2, 0.25) is 11.8 Å². The molecule has 0 saturated carbocycles. The van der Waals surface area contributed by atoms with E-state index in [1.54, 1.807) is 50.4 Å². The van der Waals surface area contributed by atoms with Crippen molar-refractivity contribution in [1.29, 1.82) is 0 Å². The molecule has 3 aromatic carbocycles. The average Bonchev–Trinajstić information content (AvgIpc) is 2.91. The second-order valence-electron chi connectivity index (χ2n) is 8.58. The number of amides is 2. The summed E-state index contributed by atoms with van der Waals surface area (Å²) in [6, 6.07) is 16.8. The number of methoxy groups -OCH3 is 1. The Hall–Kier alpha value is -3.27. The van der Waals surface area contributed by atoms with Crippen molar-refractivity contribution < 1.29 is 22.7 Å². The third-order valence-electron chi connectivity index (χ3n) is 6.00. The number of carbonyl (C=O) groups is 2. The maximum atomic E-state index is 13.8. The minimum atomic E-state index is -4.20. The van der Waals surface area contributed by atoms with E-state index in [1.807, 2.05) is 6.92 Å². The van der Waals surface area contributed by atoms with Crippen LogP contribution < -0.4 is 14.4 Å². The van der Waals surface area contributed by atoms with E-state index in [-0.39, 0.29) is 27.2 Å². The smallest absolute Gasteiger partial charge is 0.264 e.